The van der Waals surface area contributed by atoms with Crippen molar-refractivity contribution in [1.82, 2.24) is 0 Å². The normalized spacial score (nSPS) is 32.3. The first-order chi connectivity index (χ1) is 5.56. The topological polar surface area (TPSA) is 90.2 Å². The van der Waals surface area contributed by atoms with Crippen LogP contribution in [0.1, 0.15) is 0 Å². The van der Waals surface area contributed by atoms with Crippen LogP contribution in [0, 0.1) is 0 Å². The van der Waals surface area contributed by atoms with Crippen molar-refractivity contribution < 1.29 is 23.6 Å². The van der Waals surface area contributed by atoms with Gasteiger partial charge in [0.15, 0.2) is 7.11 Å². The summed E-state index contributed by atoms with van der Waals surface area (Å²) >= 11 is 0. The van der Waals surface area contributed by atoms with Crippen LogP contribution in [-0.2, 0) is 4.43 Å². The van der Waals surface area contributed by atoms with Gasteiger partial charge in [0, 0.05) is 7.11 Å². The predicted octanol–water partition coefficient (Wildman–Crippen LogP) is -1.90. The first-order valence-electron chi connectivity index (χ1n) is 4.01. The molecule has 1 heterocycles. The molecule has 0 aliphatic carbocycles. The molecular weight excluding hydrogens is 240 g/mol. The highest BCUT2D eigenvalue weighted by Crippen LogP contribution is 2.45. The first kappa shape index (κ1) is 11.7. The number of hydrogen-bond donors (Lipinski definition) is 4. The SMILES string of the molecule is CO[Si]1(C)[Si](O)(O)[Si](C)(C)[Si]1(O)O. The summed E-state index contributed by atoms with van der Waals surface area (Å²) < 4.78 is 5.04. The fourth-order valence-electron chi connectivity index (χ4n) is 1.90. The third-order valence-electron chi connectivity index (χ3n) is 3.48. The predicted molar refractivity (Wildman–Crippen MR) is 56.5 cm³/mol. The van der Waals surface area contributed by atoms with Crippen LogP contribution in [0.25, 0.3) is 0 Å². The molecule has 0 radical (unpaired) electrons. The molecule has 1 saturated heterocycles. The van der Waals surface area contributed by atoms with Crippen LogP contribution in [-0.4, -0.2) is 55.9 Å². The Morgan fingerprint density at radius 1 is 0.846 bits per heavy atom. The maximum Gasteiger partial charge on any atom is 0.328 e. The van der Waals surface area contributed by atoms with E-state index in [0.717, 1.165) is 0 Å². The van der Waals surface area contributed by atoms with Gasteiger partial charge in [-0.2, -0.15) is 0 Å². The maximum atomic E-state index is 9.90. The van der Waals surface area contributed by atoms with Crippen LogP contribution in [0.2, 0.25) is 19.6 Å². The molecule has 1 aliphatic heterocycles. The summed E-state index contributed by atoms with van der Waals surface area (Å²) in [6.07, 6.45) is 0. The van der Waals surface area contributed by atoms with Crippen LogP contribution in [0.5, 0.6) is 0 Å². The quantitative estimate of drug-likeness (QED) is 0.412. The van der Waals surface area contributed by atoms with Gasteiger partial charge in [-0.05, 0) is 6.55 Å². The van der Waals surface area contributed by atoms with Crippen LogP contribution in [0.4, 0.5) is 0 Å². The second kappa shape index (κ2) is 2.62. The highest BCUT2D eigenvalue weighted by atomic mass is 30.2. The minimum Gasteiger partial charge on any atom is -0.416 e. The molecule has 0 bridgehead atoms. The Bertz CT molecular complexity index is 221. The van der Waals surface area contributed by atoms with E-state index in [1.54, 1.807) is 13.1 Å². The maximum absolute atomic E-state index is 9.90. The van der Waals surface area contributed by atoms with Gasteiger partial charge in [0.1, 0.15) is 0 Å². The van der Waals surface area contributed by atoms with Crippen molar-refractivity contribution in [1.29, 1.82) is 0 Å². The van der Waals surface area contributed by atoms with Crippen LogP contribution < -0.4 is 0 Å². The van der Waals surface area contributed by atoms with Gasteiger partial charge in [0.05, 0.1) is 0 Å². The van der Waals surface area contributed by atoms with Crippen LogP contribution in [0.15, 0.2) is 0 Å². The third-order valence-corrected chi connectivity index (χ3v) is 71.5. The van der Waals surface area contributed by atoms with Gasteiger partial charge in [-0.3, -0.25) is 0 Å². The van der Waals surface area contributed by atoms with E-state index >= 15 is 0 Å². The van der Waals surface area contributed by atoms with E-state index in [1.165, 1.54) is 13.7 Å². The lowest BCUT2D eigenvalue weighted by Gasteiger charge is -2.61. The Morgan fingerprint density at radius 2 is 1.15 bits per heavy atom. The zero-order valence-electron chi connectivity index (χ0n) is 8.20. The van der Waals surface area contributed by atoms with Gasteiger partial charge in [-0.1, -0.05) is 13.1 Å². The van der Waals surface area contributed by atoms with Crippen molar-refractivity contribution >= 4 is 29.7 Å². The molecule has 0 aromatic rings. The zero-order chi connectivity index (χ0) is 10.7. The molecule has 0 aromatic heterocycles. The Hall–Kier alpha value is 0.668. The Kier molecular flexibility index (Phi) is 2.36. The largest absolute Gasteiger partial charge is 0.416 e. The first-order valence-corrected chi connectivity index (χ1v) is 17.2. The smallest absolute Gasteiger partial charge is 0.328 e. The minimum absolute atomic E-state index is 1.35. The molecule has 0 unspecified atom stereocenters. The molecule has 0 amide bonds. The van der Waals surface area contributed by atoms with E-state index < -0.39 is 29.7 Å². The molecule has 4 N–H and O–H groups in total. The summed E-state index contributed by atoms with van der Waals surface area (Å²) in [6.45, 7) is 4.81. The average Bonchev–Trinajstić information content (AvgIpc) is 2.00. The van der Waals surface area contributed by atoms with Crippen LogP contribution >= 0.6 is 0 Å². The lowest BCUT2D eigenvalue weighted by Crippen LogP contribution is -3.06. The Labute approximate surface area is 80.4 Å². The van der Waals surface area contributed by atoms with Crippen molar-refractivity contribution in [2.75, 3.05) is 7.11 Å². The standard InChI is InChI=1S/C4H16O5Si4/c1-9-11(4)12(5,6)10(2,3)13(11,7)8/h5-8H,1-4H3. The molecule has 5 nitrogen and oxygen atoms in total. The van der Waals surface area contributed by atoms with Gasteiger partial charge >= 0.3 is 15.2 Å². The summed E-state index contributed by atoms with van der Waals surface area (Å²) in [4.78, 5) is 39.6. The Morgan fingerprint density at radius 3 is 1.31 bits per heavy atom. The van der Waals surface area contributed by atoms with Crippen molar-refractivity contribution in [3.63, 3.8) is 0 Å². The number of rotatable bonds is 1. The Balaban J connectivity index is 3.18. The van der Waals surface area contributed by atoms with Crippen molar-refractivity contribution in [2.24, 2.45) is 0 Å². The molecule has 0 aromatic carbocycles. The third kappa shape index (κ3) is 0.916. The minimum atomic E-state index is -3.45. The van der Waals surface area contributed by atoms with Gasteiger partial charge in [0.2, 0.25) is 0 Å². The fraction of sp³-hybridized carbons (Fsp3) is 1.00. The lowest BCUT2D eigenvalue weighted by molar-refractivity contribution is 0.329. The molecule has 13 heavy (non-hydrogen) atoms. The van der Waals surface area contributed by atoms with Gasteiger partial charge < -0.3 is 23.6 Å². The zero-order valence-corrected chi connectivity index (χ0v) is 12.2. The molecule has 1 aliphatic rings. The lowest BCUT2D eigenvalue weighted by atomic mass is 11.8. The molecule has 0 saturated carbocycles. The van der Waals surface area contributed by atoms with Crippen LogP contribution in [0.3, 0.4) is 0 Å². The monoisotopic (exact) mass is 256 g/mol. The van der Waals surface area contributed by atoms with E-state index in [9.17, 15) is 19.2 Å². The van der Waals surface area contributed by atoms with E-state index in [2.05, 4.69) is 0 Å². The van der Waals surface area contributed by atoms with Crippen molar-refractivity contribution in [3.8, 4) is 0 Å². The van der Waals surface area contributed by atoms with Crippen molar-refractivity contribution in [3.05, 3.63) is 0 Å². The van der Waals surface area contributed by atoms with Crippen molar-refractivity contribution in [2.45, 2.75) is 19.6 Å². The summed E-state index contributed by atoms with van der Waals surface area (Å²) in [5.41, 5.74) is 0. The second-order valence-electron chi connectivity index (χ2n) is 4.21. The van der Waals surface area contributed by atoms with Gasteiger partial charge in [-0.15, -0.1) is 0 Å². The molecule has 1 rings (SSSR count). The summed E-state index contributed by atoms with van der Waals surface area (Å²) in [7, 11) is -11.2. The molecular formula is C4H16O5Si4. The van der Waals surface area contributed by atoms with E-state index in [0.29, 0.717) is 0 Å². The van der Waals surface area contributed by atoms with E-state index in [-0.39, 0.29) is 0 Å². The summed E-state index contributed by atoms with van der Waals surface area (Å²) in [5.74, 6) is 0. The molecule has 0 spiro atoms. The fourth-order valence-corrected chi connectivity index (χ4v) is 86.5. The van der Waals surface area contributed by atoms with Gasteiger partial charge in [-0.25, -0.2) is 0 Å². The molecule has 1 fully saturated rings. The highest BCUT2D eigenvalue weighted by Gasteiger charge is 2.92. The molecule has 0 atom stereocenters. The average molecular weight is 257 g/mol. The van der Waals surface area contributed by atoms with E-state index in [1.807, 2.05) is 0 Å². The summed E-state index contributed by atoms with van der Waals surface area (Å²) in [6, 6.07) is 0. The molecule has 9 heteroatoms. The summed E-state index contributed by atoms with van der Waals surface area (Å²) in [5, 5.41) is 0. The highest BCUT2D eigenvalue weighted by molar-refractivity contribution is 8.07. The van der Waals surface area contributed by atoms with Gasteiger partial charge in [0.25, 0.3) is 7.35 Å². The second-order valence-corrected chi connectivity index (χ2v) is 40.2. The molecule has 78 valence electrons. The van der Waals surface area contributed by atoms with E-state index in [4.69, 9.17) is 4.43 Å². The number of hydrogen-bond acceptors (Lipinski definition) is 5.